The van der Waals surface area contributed by atoms with E-state index in [1.165, 1.54) is 18.9 Å². The van der Waals surface area contributed by atoms with E-state index in [2.05, 4.69) is 26.2 Å². The molecule has 2 aromatic carbocycles. The molecule has 0 spiro atoms. The van der Waals surface area contributed by atoms with Crippen LogP contribution in [0.5, 0.6) is 5.75 Å². The molecule has 0 aliphatic carbocycles. The van der Waals surface area contributed by atoms with Crippen LogP contribution in [0.2, 0.25) is 0 Å². The average molecular weight is 441 g/mol. The van der Waals surface area contributed by atoms with Crippen molar-refractivity contribution in [3.05, 3.63) is 53.1 Å². The Hall–Kier alpha value is -3.40. The molecular weight excluding hydrogens is 416 g/mol. The SMILES string of the molecule is COc1ccc(C)cc1NC(=O)CNC(=O)CSc1nnnn1-c1ccc(C)cc1C. The number of anilines is 1. The summed E-state index contributed by atoms with van der Waals surface area (Å²) in [5, 5.41) is 17.6. The Balaban J connectivity index is 1.53. The highest BCUT2D eigenvalue weighted by Crippen LogP contribution is 2.25. The number of thioether (sulfide) groups is 1. The van der Waals surface area contributed by atoms with Crippen LogP contribution in [0.3, 0.4) is 0 Å². The molecule has 0 saturated heterocycles. The lowest BCUT2D eigenvalue weighted by Crippen LogP contribution is -2.34. The summed E-state index contributed by atoms with van der Waals surface area (Å²) in [6.45, 7) is 5.76. The van der Waals surface area contributed by atoms with Gasteiger partial charge in [0.1, 0.15) is 5.75 Å². The second kappa shape index (κ2) is 10.1. The maximum atomic E-state index is 12.2. The van der Waals surface area contributed by atoms with Crippen LogP contribution in [0.1, 0.15) is 16.7 Å². The van der Waals surface area contributed by atoms with Gasteiger partial charge in [-0.1, -0.05) is 35.5 Å². The van der Waals surface area contributed by atoms with E-state index < -0.39 is 0 Å². The molecule has 0 aliphatic heterocycles. The van der Waals surface area contributed by atoms with E-state index in [9.17, 15) is 9.59 Å². The van der Waals surface area contributed by atoms with Gasteiger partial charge in [-0.3, -0.25) is 9.59 Å². The summed E-state index contributed by atoms with van der Waals surface area (Å²) in [5.41, 5.74) is 4.57. The van der Waals surface area contributed by atoms with Gasteiger partial charge in [-0.2, -0.15) is 4.68 Å². The molecular formula is C21H24N6O3S. The molecule has 0 saturated carbocycles. The van der Waals surface area contributed by atoms with E-state index in [-0.39, 0.29) is 24.1 Å². The van der Waals surface area contributed by atoms with Gasteiger partial charge in [-0.15, -0.1) is 5.10 Å². The molecule has 3 rings (SSSR count). The summed E-state index contributed by atoms with van der Waals surface area (Å²) in [7, 11) is 1.53. The molecule has 9 nitrogen and oxygen atoms in total. The van der Waals surface area contributed by atoms with Crippen molar-refractivity contribution in [1.29, 1.82) is 0 Å². The van der Waals surface area contributed by atoms with Gasteiger partial charge < -0.3 is 15.4 Å². The molecule has 0 radical (unpaired) electrons. The molecule has 0 unspecified atom stereocenters. The summed E-state index contributed by atoms with van der Waals surface area (Å²) in [6, 6.07) is 11.4. The third-order valence-electron chi connectivity index (χ3n) is 4.43. The van der Waals surface area contributed by atoms with E-state index in [1.54, 1.807) is 16.8 Å². The van der Waals surface area contributed by atoms with E-state index in [1.807, 2.05) is 45.0 Å². The first-order chi connectivity index (χ1) is 14.9. The number of aromatic nitrogens is 4. The van der Waals surface area contributed by atoms with Gasteiger partial charge in [-0.05, 0) is 60.5 Å². The number of nitrogens with one attached hydrogen (secondary N) is 2. The Kier molecular flexibility index (Phi) is 7.24. The van der Waals surface area contributed by atoms with Crippen LogP contribution in [0.25, 0.3) is 5.69 Å². The van der Waals surface area contributed by atoms with Crippen LogP contribution >= 0.6 is 11.8 Å². The smallest absolute Gasteiger partial charge is 0.243 e. The molecule has 10 heteroatoms. The van der Waals surface area contributed by atoms with Crippen molar-refractivity contribution in [2.24, 2.45) is 0 Å². The third-order valence-corrected chi connectivity index (χ3v) is 5.35. The lowest BCUT2D eigenvalue weighted by Gasteiger charge is -2.11. The fourth-order valence-electron chi connectivity index (χ4n) is 2.94. The van der Waals surface area contributed by atoms with Crippen LogP contribution in [0.4, 0.5) is 5.69 Å². The van der Waals surface area contributed by atoms with Crippen LogP contribution in [0.15, 0.2) is 41.6 Å². The minimum Gasteiger partial charge on any atom is -0.495 e. The Morgan fingerprint density at radius 2 is 1.81 bits per heavy atom. The summed E-state index contributed by atoms with van der Waals surface area (Å²) < 4.78 is 6.84. The van der Waals surface area contributed by atoms with E-state index >= 15 is 0 Å². The number of amides is 2. The van der Waals surface area contributed by atoms with E-state index in [0.717, 1.165) is 22.4 Å². The lowest BCUT2D eigenvalue weighted by atomic mass is 10.1. The van der Waals surface area contributed by atoms with Gasteiger partial charge in [0.25, 0.3) is 0 Å². The minimum absolute atomic E-state index is 0.0757. The topological polar surface area (TPSA) is 111 Å². The van der Waals surface area contributed by atoms with Crippen molar-refractivity contribution in [1.82, 2.24) is 25.5 Å². The number of hydrogen-bond acceptors (Lipinski definition) is 7. The molecule has 0 bridgehead atoms. The van der Waals surface area contributed by atoms with Crippen molar-refractivity contribution in [2.75, 3.05) is 24.7 Å². The third kappa shape index (κ3) is 5.82. The fraction of sp³-hybridized carbons (Fsp3) is 0.286. The number of carbonyl (C=O) groups is 2. The van der Waals surface area contributed by atoms with Crippen molar-refractivity contribution in [3.63, 3.8) is 0 Å². The zero-order valence-corrected chi connectivity index (χ0v) is 18.6. The van der Waals surface area contributed by atoms with E-state index in [0.29, 0.717) is 16.6 Å². The standard InChI is InChI=1S/C21H24N6O3S/c1-13-5-7-17(15(3)9-13)27-21(24-25-26-27)31-12-20(29)22-11-19(28)23-16-10-14(2)6-8-18(16)30-4/h5-10H,11-12H2,1-4H3,(H,22,29)(H,23,28). The zero-order valence-electron chi connectivity index (χ0n) is 17.8. The normalized spacial score (nSPS) is 10.6. The Morgan fingerprint density at radius 3 is 2.55 bits per heavy atom. The summed E-state index contributed by atoms with van der Waals surface area (Å²) in [5.74, 6) is -0.0141. The molecule has 0 aliphatic rings. The van der Waals surface area contributed by atoms with E-state index in [4.69, 9.17) is 4.74 Å². The monoisotopic (exact) mass is 440 g/mol. The fourth-order valence-corrected chi connectivity index (χ4v) is 3.65. The zero-order chi connectivity index (χ0) is 22.4. The Morgan fingerprint density at radius 1 is 1.06 bits per heavy atom. The van der Waals surface area contributed by atoms with Gasteiger partial charge in [0.05, 0.1) is 30.8 Å². The molecule has 1 aromatic heterocycles. The maximum absolute atomic E-state index is 12.2. The predicted octanol–water partition coefficient (Wildman–Crippen LogP) is 2.44. The minimum atomic E-state index is -0.345. The molecule has 0 atom stereocenters. The second-order valence-electron chi connectivity index (χ2n) is 6.98. The number of ether oxygens (including phenoxy) is 1. The molecule has 31 heavy (non-hydrogen) atoms. The van der Waals surface area contributed by atoms with Gasteiger partial charge in [0.2, 0.25) is 17.0 Å². The summed E-state index contributed by atoms with van der Waals surface area (Å²) >= 11 is 1.20. The number of methoxy groups -OCH3 is 1. The highest BCUT2D eigenvalue weighted by Gasteiger charge is 2.14. The first kappa shape index (κ1) is 22.3. The maximum Gasteiger partial charge on any atom is 0.243 e. The number of carbonyl (C=O) groups excluding carboxylic acids is 2. The molecule has 162 valence electrons. The number of aryl methyl sites for hydroxylation is 3. The Bertz CT molecular complexity index is 1100. The highest BCUT2D eigenvalue weighted by atomic mass is 32.2. The largest absolute Gasteiger partial charge is 0.495 e. The molecule has 1 heterocycles. The van der Waals surface area contributed by atoms with Crippen LogP contribution in [-0.2, 0) is 9.59 Å². The van der Waals surface area contributed by atoms with Crippen molar-refractivity contribution in [2.45, 2.75) is 25.9 Å². The van der Waals surface area contributed by atoms with Crippen LogP contribution in [-0.4, -0.2) is 51.4 Å². The van der Waals surface area contributed by atoms with Crippen LogP contribution < -0.4 is 15.4 Å². The van der Waals surface area contributed by atoms with Crippen molar-refractivity contribution >= 4 is 29.3 Å². The number of benzene rings is 2. The lowest BCUT2D eigenvalue weighted by molar-refractivity contribution is -0.122. The first-order valence-electron chi connectivity index (χ1n) is 9.57. The van der Waals surface area contributed by atoms with Crippen LogP contribution in [0, 0.1) is 20.8 Å². The van der Waals surface area contributed by atoms with Gasteiger partial charge in [0, 0.05) is 0 Å². The molecule has 2 N–H and O–H groups in total. The number of nitrogens with zero attached hydrogens (tertiary/aromatic N) is 4. The summed E-state index contributed by atoms with van der Waals surface area (Å²) in [6.07, 6.45) is 0. The number of hydrogen-bond donors (Lipinski definition) is 2. The van der Waals surface area contributed by atoms with Gasteiger partial charge >= 0.3 is 0 Å². The van der Waals surface area contributed by atoms with Gasteiger partial charge in [-0.25, -0.2) is 0 Å². The molecule has 0 fully saturated rings. The number of tetrazole rings is 1. The molecule has 2 amide bonds. The highest BCUT2D eigenvalue weighted by molar-refractivity contribution is 7.99. The Labute approximate surface area is 184 Å². The second-order valence-corrected chi connectivity index (χ2v) is 7.92. The quantitative estimate of drug-likeness (QED) is 0.518. The van der Waals surface area contributed by atoms with Gasteiger partial charge in [0.15, 0.2) is 0 Å². The average Bonchev–Trinajstić information content (AvgIpc) is 3.19. The first-order valence-corrected chi connectivity index (χ1v) is 10.6. The van der Waals surface area contributed by atoms with Crippen molar-refractivity contribution < 1.29 is 14.3 Å². The summed E-state index contributed by atoms with van der Waals surface area (Å²) in [4.78, 5) is 24.4. The number of rotatable bonds is 8. The van der Waals surface area contributed by atoms with Crippen molar-refractivity contribution in [3.8, 4) is 11.4 Å². The molecule has 3 aromatic rings. The predicted molar refractivity (Wildman–Crippen MR) is 119 cm³/mol.